The largest absolute Gasteiger partial charge is 0.497 e. The second-order valence-corrected chi connectivity index (χ2v) is 9.63. The lowest BCUT2D eigenvalue weighted by molar-refractivity contribution is -0.138. The van der Waals surface area contributed by atoms with E-state index in [1.165, 1.54) is 10.9 Å². The Balaban J connectivity index is 1.51. The van der Waals surface area contributed by atoms with Gasteiger partial charge >= 0.3 is 0 Å². The molecule has 0 bridgehead atoms. The maximum Gasteiger partial charge on any atom is 0.247 e. The van der Waals surface area contributed by atoms with Crippen LogP contribution in [-0.2, 0) is 22.6 Å². The highest BCUT2D eigenvalue weighted by Crippen LogP contribution is 2.19. The minimum Gasteiger partial charge on any atom is -0.497 e. The number of methoxy groups -OCH3 is 1. The number of amides is 2. The number of ether oxygens (including phenoxy) is 1. The monoisotopic (exact) mass is 523 g/mol. The van der Waals surface area contributed by atoms with Crippen LogP contribution < -0.4 is 4.74 Å². The van der Waals surface area contributed by atoms with Crippen molar-refractivity contribution in [3.63, 3.8) is 0 Å². The minimum absolute atomic E-state index is 0.0437. The second-order valence-electron chi connectivity index (χ2n) is 9.63. The molecule has 1 N–H and O–H groups in total. The Labute approximate surface area is 230 Å². The predicted molar refractivity (Wildman–Crippen MR) is 157 cm³/mol. The van der Waals surface area contributed by atoms with Crippen LogP contribution in [0.25, 0.3) is 17.0 Å². The van der Waals surface area contributed by atoms with Crippen molar-refractivity contribution in [3.05, 3.63) is 108 Å². The van der Waals surface area contributed by atoms with Crippen molar-refractivity contribution in [3.8, 4) is 5.75 Å². The average Bonchev–Trinajstić information content (AvgIpc) is 3.40. The molecule has 0 aliphatic rings. The molecule has 0 saturated carbocycles. The van der Waals surface area contributed by atoms with Gasteiger partial charge in [0.25, 0.3) is 0 Å². The van der Waals surface area contributed by atoms with E-state index >= 15 is 0 Å². The molecule has 4 aromatic rings. The first kappa shape index (κ1) is 27.7. The number of para-hydroxylation sites is 1. The van der Waals surface area contributed by atoms with Crippen molar-refractivity contribution in [1.82, 2.24) is 14.8 Å². The zero-order chi connectivity index (χ0) is 27.5. The van der Waals surface area contributed by atoms with E-state index in [1.807, 2.05) is 77.8 Å². The summed E-state index contributed by atoms with van der Waals surface area (Å²) in [6.45, 7) is 3.67. The number of aromatic nitrogens is 1. The minimum atomic E-state index is -0.151. The SMILES string of the molecule is CCCCN(CC(=O)N(CCc1c[nH]c2ccccc12)Cc1ccc(OC)cc1)C(=O)C=Cc1ccccc1. The number of aromatic amines is 1. The van der Waals surface area contributed by atoms with Gasteiger partial charge in [0, 0.05) is 42.8 Å². The number of hydrogen-bond acceptors (Lipinski definition) is 3. The lowest BCUT2D eigenvalue weighted by Gasteiger charge is -2.27. The van der Waals surface area contributed by atoms with Crippen molar-refractivity contribution < 1.29 is 14.3 Å². The number of carbonyl (C=O) groups is 2. The normalized spacial score (nSPS) is 11.1. The third kappa shape index (κ3) is 7.84. The molecule has 6 heteroatoms. The van der Waals surface area contributed by atoms with Crippen LogP contribution in [0.15, 0.2) is 91.1 Å². The first-order valence-electron chi connectivity index (χ1n) is 13.5. The molecular weight excluding hydrogens is 486 g/mol. The lowest BCUT2D eigenvalue weighted by Crippen LogP contribution is -2.43. The summed E-state index contributed by atoms with van der Waals surface area (Å²) >= 11 is 0. The molecule has 0 aliphatic heterocycles. The van der Waals surface area contributed by atoms with Crippen LogP contribution in [0.5, 0.6) is 5.75 Å². The summed E-state index contributed by atoms with van der Waals surface area (Å²) in [6.07, 6.45) is 7.88. The van der Waals surface area contributed by atoms with E-state index in [0.717, 1.165) is 35.2 Å². The molecule has 1 aromatic heterocycles. The highest BCUT2D eigenvalue weighted by atomic mass is 16.5. The molecule has 0 fully saturated rings. The third-order valence-electron chi connectivity index (χ3n) is 6.85. The fraction of sp³-hybridized carbons (Fsp3) is 0.273. The number of H-pyrrole nitrogens is 1. The van der Waals surface area contributed by atoms with Crippen LogP contribution in [-0.4, -0.2) is 53.3 Å². The number of rotatable bonds is 13. The fourth-order valence-corrected chi connectivity index (χ4v) is 4.55. The Morgan fingerprint density at radius 1 is 0.897 bits per heavy atom. The molecular formula is C33H37N3O3. The van der Waals surface area contributed by atoms with Crippen molar-refractivity contribution in [2.24, 2.45) is 0 Å². The van der Waals surface area contributed by atoms with Crippen LogP contribution in [0.1, 0.15) is 36.5 Å². The Bertz CT molecular complexity index is 1380. The summed E-state index contributed by atoms with van der Waals surface area (Å²) in [7, 11) is 1.64. The number of hydrogen-bond donors (Lipinski definition) is 1. The van der Waals surface area contributed by atoms with Gasteiger partial charge in [-0.15, -0.1) is 0 Å². The van der Waals surface area contributed by atoms with E-state index in [1.54, 1.807) is 24.2 Å². The Morgan fingerprint density at radius 2 is 1.64 bits per heavy atom. The average molecular weight is 524 g/mol. The van der Waals surface area contributed by atoms with Gasteiger partial charge < -0.3 is 19.5 Å². The second kappa shape index (κ2) is 14.0. The number of fused-ring (bicyclic) bond motifs is 1. The standard InChI is InChI=1S/C33H37N3O3/c1-3-4-21-35(32(37)19-16-26-10-6-5-7-11-26)25-33(38)36(24-27-14-17-29(39-2)18-15-27)22-20-28-23-34-31-13-9-8-12-30(28)31/h5-19,23,34H,3-4,20-22,24-25H2,1-2H3. The Morgan fingerprint density at radius 3 is 2.38 bits per heavy atom. The lowest BCUT2D eigenvalue weighted by atomic mass is 10.1. The van der Waals surface area contributed by atoms with E-state index in [0.29, 0.717) is 26.1 Å². The van der Waals surface area contributed by atoms with E-state index in [-0.39, 0.29) is 18.4 Å². The number of nitrogens with one attached hydrogen (secondary N) is 1. The maximum absolute atomic E-state index is 13.7. The maximum atomic E-state index is 13.7. The molecule has 4 rings (SSSR count). The van der Waals surface area contributed by atoms with Crippen molar-refractivity contribution in [2.75, 3.05) is 26.7 Å². The number of carbonyl (C=O) groups excluding carboxylic acids is 2. The van der Waals surface area contributed by atoms with Crippen LogP contribution >= 0.6 is 0 Å². The van der Waals surface area contributed by atoms with E-state index in [9.17, 15) is 9.59 Å². The molecule has 0 atom stereocenters. The first-order valence-corrected chi connectivity index (χ1v) is 13.5. The van der Waals surface area contributed by atoms with Crippen LogP contribution in [0.2, 0.25) is 0 Å². The Kier molecular flexibility index (Phi) is 9.95. The van der Waals surface area contributed by atoms with Gasteiger partial charge in [-0.2, -0.15) is 0 Å². The van der Waals surface area contributed by atoms with Crippen LogP contribution in [0.4, 0.5) is 0 Å². The topological polar surface area (TPSA) is 65.6 Å². The molecule has 39 heavy (non-hydrogen) atoms. The number of nitrogens with zero attached hydrogens (tertiary/aromatic N) is 2. The van der Waals surface area contributed by atoms with Gasteiger partial charge in [0.2, 0.25) is 11.8 Å². The summed E-state index contributed by atoms with van der Waals surface area (Å²) < 4.78 is 5.30. The predicted octanol–water partition coefficient (Wildman–Crippen LogP) is 6.09. The highest BCUT2D eigenvalue weighted by Gasteiger charge is 2.21. The molecule has 1 heterocycles. The molecule has 0 saturated heterocycles. The highest BCUT2D eigenvalue weighted by molar-refractivity contribution is 5.94. The van der Waals surface area contributed by atoms with Gasteiger partial charge in [-0.3, -0.25) is 9.59 Å². The van der Waals surface area contributed by atoms with Crippen molar-refractivity contribution in [2.45, 2.75) is 32.7 Å². The molecule has 0 unspecified atom stereocenters. The molecule has 3 aromatic carbocycles. The molecule has 2 amide bonds. The Hall–Kier alpha value is -4.32. The molecule has 202 valence electrons. The molecule has 0 aliphatic carbocycles. The summed E-state index contributed by atoms with van der Waals surface area (Å²) in [5.74, 6) is 0.557. The van der Waals surface area contributed by atoms with Crippen LogP contribution in [0, 0.1) is 0 Å². The zero-order valence-electron chi connectivity index (χ0n) is 22.8. The smallest absolute Gasteiger partial charge is 0.247 e. The molecule has 0 radical (unpaired) electrons. The van der Waals surface area contributed by atoms with Gasteiger partial charge in [-0.05, 0) is 53.8 Å². The van der Waals surface area contributed by atoms with Gasteiger partial charge in [-0.25, -0.2) is 0 Å². The number of unbranched alkanes of at least 4 members (excludes halogenated alkanes) is 1. The summed E-state index contributed by atoms with van der Waals surface area (Å²) in [5, 5.41) is 1.17. The number of benzene rings is 3. The first-order chi connectivity index (χ1) is 19.1. The van der Waals surface area contributed by atoms with Gasteiger partial charge in [-0.1, -0.05) is 74.0 Å². The zero-order valence-corrected chi connectivity index (χ0v) is 22.8. The van der Waals surface area contributed by atoms with Gasteiger partial charge in [0.05, 0.1) is 7.11 Å². The van der Waals surface area contributed by atoms with Crippen molar-refractivity contribution in [1.29, 1.82) is 0 Å². The molecule has 0 spiro atoms. The summed E-state index contributed by atoms with van der Waals surface area (Å²) in [4.78, 5) is 33.7. The van der Waals surface area contributed by atoms with E-state index < -0.39 is 0 Å². The molecule has 6 nitrogen and oxygen atoms in total. The van der Waals surface area contributed by atoms with Gasteiger partial charge in [0.1, 0.15) is 12.3 Å². The van der Waals surface area contributed by atoms with Crippen LogP contribution in [0.3, 0.4) is 0 Å². The quantitative estimate of drug-likeness (QED) is 0.216. The summed E-state index contributed by atoms with van der Waals surface area (Å²) in [6, 6.07) is 25.7. The third-order valence-corrected chi connectivity index (χ3v) is 6.85. The van der Waals surface area contributed by atoms with Gasteiger partial charge in [0.15, 0.2) is 0 Å². The van der Waals surface area contributed by atoms with E-state index in [2.05, 4.69) is 24.0 Å². The fourth-order valence-electron chi connectivity index (χ4n) is 4.55. The summed E-state index contributed by atoms with van der Waals surface area (Å²) in [5.41, 5.74) is 4.22. The van der Waals surface area contributed by atoms with Crippen molar-refractivity contribution >= 4 is 28.8 Å². The van der Waals surface area contributed by atoms with E-state index in [4.69, 9.17) is 4.74 Å².